The minimum Gasteiger partial charge on any atom is -0.456 e. The van der Waals surface area contributed by atoms with Crippen LogP contribution in [-0.2, 0) is 70.2 Å². The summed E-state index contributed by atoms with van der Waals surface area (Å²) in [4.78, 5) is 36.4. The van der Waals surface area contributed by atoms with Gasteiger partial charge in [-0.15, -0.1) is 0 Å². The molecular weight excluding hydrogens is 588 g/mol. The molecule has 2 aliphatic heterocycles. The van der Waals surface area contributed by atoms with Gasteiger partial charge < -0.3 is 42.6 Å². The molecule has 12 heteroatoms. The van der Waals surface area contributed by atoms with Crippen LogP contribution in [0.25, 0.3) is 0 Å². The van der Waals surface area contributed by atoms with Crippen molar-refractivity contribution in [3.63, 3.8) is 0 Å². The van der Waals surface area contributed by atoms with Gasteiger partial charge in [0.25, 0.3) is 0 Å². The maximum Gasteiger partial charge on any atom is 0.303 e. The smallest absolute Gasteiger partial charge is 0.303 e. The standard InChI is InChI=1S/C33H42O12/c1-19-26(38-17-24-13-9-7-10-14-24)28(39-18-25-15-11-8-12-16-25)30(32(37-6)40-19)45-33-31(44-23(5)36)29(43-22(4)35)27(20(2)41-33)42-21(3)34/h7-16,19-20,26-33H,17-18H2,1-6H3/t19-,20-,26+,27+,28+,29+,30+,31-,32-,33+/m1/s1. The first kappa shape index (κ1) is 34.5. The first-order valence-corrected chi connectivity index (χ1v) is 14.9. The molecule has 0 radical (unpaired) electrons. The third kappa shape index (κ3) is 9.32. The Hall–Kier alpha value is -3.39. The highest BCUT2D eigenvalue weighted by Crippen LogP contribution is 2.35. The van der Waals surface area contributed by atoms with E-state index in [-0.39, 0.29) is 13.2 Å². The molecule has 12 nitrogen and oxygen atoms in total. The highest BCUT2D eigenvalue weighted by Gasteiger charge is 2.55. The summed E-state index contributed by atoms with van der Waals surface area (Å²) in [6.07, 6.45) is -9.56. The fourth-order valence-corrected chi connectivity index (χ4v) is 5.49. The zero-order chi connectivity index (χ0) is 32.5. The minimum absolute atomic E-state index is 0.222. The van der Waals surface area contributed by atoms with Crippen molar-refractivity contribution in [3.05, 3.63) is 71.8 Å². The average Bonchev–Trinajstić information content (AvgIpc) is 3.00. The highest BCUT2D eigenvalue weighted by molar-refractivity contribution is 5.68. The molecule has 2 aromatic rings. The van der Waals surface area contributed by atoms with Crippen molar-refractivity contribution >= 4 is 17.9 Å². The molecule has 45 heavy (non-hydrogen) atoms. The van der Waals surface area contributed by atoms with E-state index in [4.69, 9.17) is 42.6 Å². The summed E-state index contributed by atoms with van der Waals surface area (Å²) in [6.45, 7) is 7.61. The highest BCUT2D eigenvalue weighted by atomic mass is 16.8. The number of carbonyl (C=O) groups excluding carboxylic acids is 3. The number of benzene rings is 2. The summed E-state index contributed by atoms with van der Waals surface area (Å²) < 4.78 is 54.1. The number of hydrogen-bond acceptors (Lipinski definition) is 12. The molecule has 0 aromatic heterocycles. The Kier molecular flexibility index (Phi) is 12.5. The maximum atomic E-state index is 12.3. The van der Waals surface area contributed by atoms with Crippen molar-refractivity contribution < 1.29 is 57.0 Å². The van der Waals surface area contributed by atoms with Crippen molar-refractivity contribution in [2.75, 3.05) is 7.11 Å². The summed E-state index contributed by atoms with van der Waals surface area (Å²) in [5, 5.41) is 0. The maximum absolute atomic E-state index is 12.3. The second-order valence-corrected chi connectivity index (χ2v) is 11.0. The average molecular weight is 631 g/mol. The molecule has 0 aliphatic carbocycles. The van der Waals surface area contributed by atoms with Crippen molar-refractivity contribution in [1.29, 1.82) is 0 Å². The normalized spacial score (nSPS) is 31.5. The first-order valence-electron chi connectivity index (χ1n) is 14.9. The number of methoxy groups -OCH3 is 1. The third-order valence-corrected chi connectivity index (χ3v) is 7.45. The van der Waals surface area contributed by atoms with Crippen LogP contribution in [0.4, 0.5) is 0 Å². The molecule has 0 amide bonds. The number of esters is 3. The quantitative estimate of drug-likeness (QED) is 0.251. The van der Waals surface area contributed by atoms with Crippen LogP contribution in [-0.4, -0.2) is 86.4 Å². The molecule has 4 rings (SSSR count). The van der Waals surface area contributed by atoms with Gasteiger partial charge >= 0.3 is 17.9 Å². The summed E-state index contributed by atoms with van der Waals surface area (Å²) in [7, 11) is 1.47. The van der Waals surface area contributed by atoms with E-state index in [0.717, 1.165) is 11.1 Å². The van der Waals surface area contributed by atoms with Crippen molar-refractivity contribution in [3.8, 4) is 0 Å². The lowest BCUT2D eigenvalue weighted by atomic mass is 9.96. The monoisotopic (exact) mass is 630 g/mol. The molecular formula is C33H42O12. The topological polar surface area (TPSA) is 134 Å². The molecule has 2 aliphatic rings. The van der Waals surface area contributed by atoms with Crippen molar-refractivity contribution in [2.45, 2.75) is 109 Å². The summed E-state index contributed by atoms with van der Waals surface area (Å²) in [5.41, 5.74) is 1.88. The van der Waals surface area contributed by atoms with E-state index in [1.807, 2.05) is 67.6 Å². The van der Waals surface area contributed by atoms with Gasteiger partial charge in [0.05, 0.1) is 25.4 Å². The van der Waals surface area contributed by atoms with Gasteiger partial charge in [0.15, 0.2) is 30.9 Å². The molecule has 2 fully saturated rings. The number of carbonyl (C=O) groups is 3. The van der Waals surface area contributed by atoms with E-state index in [9.17, 15) is 14.4 Å². The Morgan fingerprint density at radius 3 is 1.53 bits per heavy atom. The van der Waals surface area contributed by atoms with Crippen molar-refractivity contribution in [2.24, 2.45) is 0 Å². The molecule has 2 heterocycles. The largest absolute Gasteiger partial charge is 0.456 e. The zero-order valence-corrected chi connectivity index (χ0v) is 26.4. The second-order valence-electron chi connectivity index (χ2n) is 11.0. The summed E-state index contributed by atoms with van der Waals surface area (Å²) in [6, 6.07) is 19.3. The Labute approximate surface area is 263 Å². The van der Waals surface area contributed by atoms with E-state index in [1.54, 1.807) is 6.92 Å². The molecule has 0 saturated carbocycles. The molecule has 2 aromatic carbocycles. The lowest BCUT2D eigenvalue weighted by molar-refractivity contribution is -0.367. The fourth-order valence-electron chi connectivity index (χ4n) is 5.49. The van der Waals surface area contributed by atoms with Crippen LogP contribution in [0.2, 0.25) is 0 Å². The van der Waals surface area contributed by atoms with Crippen LogP contribution in [0.3, 0.4) is 0 Å². The van der Waals surface area contributed by atoms with Gasteiger partial charge in [-0.25, -0.2) is 0 Å². The van der Waals surface area contributed by atoms with Crippen LogP contribution in [0.5, 0.6) is 0 Å². The lowest BCUT2D eigenvalue weighted by Crippen LogP contribution is -2.65. The summed E-state index contributed by atoms with van der Waals surface area (Å²) in [5.74, 6) is -2.00. The van der Waals surface area contributed by atoms with Gasteiger partial charge in [-0.3, -0.25) is 14.4 Å². The lowest BCUT2D eigenvalue weighted by Gasteiger charge is -2.48. The van der Waals surface area contributed by atoms with E-state index in [1.165, 1.54) is 27.9 Å². The molecule has 246 valence electrons. The van der Waals surface area contributed by atoms with Crippen LogP contribution in [0.15, 0.2) is 60.7 Å². The van der Waals surface area contributed by atoms with Gasteiger partial charge in [-0.1, -0.05) is 60.7 Å². The van der Waals surface area contributed by atoms with E-state index < -0.39 is 79.3 Å². The van der Waals surface area contributed by atoms with Crippen molar-refractivity contribution in [1.82, 2.24) is 0 Å². The van der Waals surface area contributed by atoms with E-state index in [2.05, 4.69) is 0 Å². The number of hydrogen-bond donors (Lipinski definition) is 0. The van der Waals surface area contributed by atoms with Crippen LogP contribution in [0.1, 0.15) is 45.7 Å². The minimum atomic E-state index is -1.32. The Morgan fingerprint density at radius 1 is 0.578 bits per heavy atom. The molecule has 0 N–H and O–H groups in total. The van der Waals surface area contributed by atoms with E-state index in [0.29, 0.717) is 0 Å². The van der Waals surface area contributed by atoms with E-state index >= 15 is 0 Å². The van der Waals surface area contributed by atoms with Crippen LogP contribution < -0.4 is 0 Å². The number of rotatable bonds is 12. The summed E-state index contributed by atoms with van der Waals surface area (Å²) >= 11 is 0. The fraction of sp³-hybridized carbons (Fsp3) is 0.545. The van der Waals surface area contributed by atoms with Gasteiger partial charge in [-0.05, 0) is 25.0 Å². The SMILES string of the molecule is CO[C@@H]1O[C@H](C)[C@H](OCc2ccccc2)[C@H](OCc2ccccc2)[C@@H]1O[C@@H]1O[C@H](C)[C@H](OC(C)=O)[C@H](OC(C)=O)[C@H]1OC(C)=O. The Balaban J connectivity index is 1.67. The second kappa shape index (κ2) is 16.3. The molecule has 2 saturated heterocycles. The predicted molar refractivity (Wildman–Crippen MR) is 157 cm³/mol. The van der Waals surface area contributed by atoms with Gasteiger partial charge in [-0.2, -0.15) is 0 Å². The Morgan fingerprint density at radius 2 is 1.02 bits per heavy atom. The first-order chi connectivity index (χ1) is 21.6. The third-order valence-electron chi connectivity index (χ3n) is 7.45. The Bertz CT molecular complexity index is 1240. The zero-order valence-electron chi connectivity index (χ0n) is 26.4. The molecule has 10 atom stereocenters. The van der Waals surface area contributed by atoms with Gasteiger partial charge in [0.2, 0.25) is 0 Å². The van der Waals surface area contributed by atoms with Gasteiger partial charge in [0, 0.05) is 27.9 Å². The molecule has 0 bridgehead atoms. The predicted octanol–water partition coefficient (Wildman–Crippen LogP) is 3.47. The van der Waals surface area contributed by atoms with Crippen LogP contribution >= 0.6 is 0 Å². The van der Waals surface area contributed by atoms with Crippen LogP contribution in [0, 0.1) is 0 Å². The van der Waals surface area contributed by atoms with Gasteiger partial charge in [0.1, 0.15) is 18.3 Å². The molecule has 0 spiro atoms. The number of ether oxygens (including phenoxy) is 9. The molecule has 0 unspecified atom stereocenters.